The van der Waals surface area contributed by atoms with E-state index in [4.69, 9.17) is 11.6 Å². The van der Waals surface area contributed by atoms with Crippen LogP contribution in [0.1, 0.15) is 18.9 Å². The highest BCUT2D eigenvalue weighted by atomic mass is 35.5. The Hall–Kier alpha value is -3.40. The molecule has 2 atom stereocenters. The molecule has 3 aromatic rings. The zero-order chi connectivity index (χ0) is 26.7. The Balaban J connectivity index is 1.54. The SMILES string of the molecule is CCc1cc(-c2ccccc2S(C)(=O)=O)ccc1NC(=O)C1CC(O)CN1C(=O)Nc1ccc(Cl)cc1. The molecule has 3 N–H and O–H groups in total. The minimum atomic E-state index is -3.43. The van der Waals surface area contributed by atoms with E-state index >= 15 is 0 Å². The number of sulfone groups is 1. The van der Waals surface area contributed by atoms with Crippen molar-refractivity contribution < 1.29 is 23.1 Å². The predicted octanol–water partition coefficient (Wildman–Crippen LogP) is 4.58. The van der Waals surface area contributed by atoms with E-state index in [1.165, 1.54) is 11.2 Å². The molecule has 194 valence electrons. The second-order valence-corrected chi connectivity index (χ2v) is 11.4. The van der Waals surface area contributed by atoms with Gasteiger partial charge in [-0.1, -0.05) is 42.8 Å². The molecule has 0 bridgehead atoms. The Morgan fingerprint density at radius 1 is 1.05 bits per heavy atom. The largest absolute Gasteiger partial charge is 0.391 e. The number of β-amino-alcohol motifs (C(OH)–C–C–N with tert-alkyl or cyclic N) is 1. The summed E-state index contributed by atoms with van der Waals surface area (Å²) >= 11 is 5.90. The van der Waals surface area contributed by atoms with Gasteiger partial charge in [-0.2, -0.15) is 0 Å². The van der Waals surface area contributed by atoms with Gasteiger partial charge < -0.3 is 20.6 Å². The average Bonchev–Trinajstić information content (AvgIpc) is 3.27. The van der Waals surface area contributed by atoms with Crippen molar-refractivity contribution >= 4 is 44.8 Å². The Morgan fingerprint density at radius 2 is 1.76 bits per heavy atom. The maximum absolute atomic E-state index is 13.2. The maximum atomic E-state index is 13.2. The number of aliphatic hydroxyl groups excluding tert-OH is 1. The minimum Gasteiger partial charge on any atom is -0.391 e. The molecule has 2 unspecified atom stereocenters. The zero-order valence-corrected chi connectivity index (χ0v) is 22.0. The Labute approximate surface area is 221 Å². The highest BCUT2D eigenvalue weighted by molar-refractivity contribution is 7.90. The zero-order valence-electron chi connectivity index (χ0n) is 20.4. The fourth-order valence-electron chi connectivity index (χ4n) is 4.44. The van der Waals surface area contributed by atoms with Gasteiger partial charge in [-0.05, 0) is 60.0 Å². The number of benzene rings is 3. The van der Waals surface area contributed by atoms with E-state index < -0.39 is 33.9 Å². The van der Waals surface area contributed by atoms with Crippen LogP contribution in [0.15, 0.2) is 71.6 Å². The van der Waals surface area contributed by atoms with Crippen molar-refractivity contribution in [2.45, 2.75) is 36.8 Å². The highest BCUT2D eigenvalue weighted by Crippen LogP contribution is 2.31. The molecule has 0 radical (unpaired) electrons. The Bertz CT molecular complexity index is 1430. The second-order valence-electron chi connectivity index (χ2n) is 8.98. The number of urea groups is 1. The number of nitrogens with one attached hydrogen (secondary N) is 2. The molecule has 10 heteroatoms. The van der Waals surface area contributed by atoms with Crippen molar-refractivity contribution in [1.82, 2.24) is 4.90 Å². The van der Waals surface area contributed by atoms with Crippen LogP contribution in [0.4, 0.5) is 16.2 Å². The first kappa shape index (κ1) is 26.7. The highest BCUT2D eigenvalue weighted by Gasteiger charge is 2.39. The quantitative estimate of drug-likeness (QED) is 0.422. The van der Waals surface area contributed by atoms with Crippen LogP contribution < -0.4 is 10.6 Å². The number of halogens is 1. The molecule has 3 aromatic carbocycles. The van der Waals surface area contributed by atoms with Gasteiger partial charge in [0.05, 0.1) is 11.0 Å². The third-order valence-electron chi connectivity index (χ3n) is 6.28. The molecule has 0 aliphatic carbocycles. The fraction of sp³-hybridized carbons (Fsp3) is 0.259. The van der Waals surface area contributed by atoms with Crippen molar-refractivity contribution in [3.8, 4) is 11.1 Å². The number of nitrogens with zero attached hydrogens (tertiary/aromatic N) is 1. The third kappa shape index (κ3) is 6.12. The smallest absolute Gasteiger partial charge is 0.322 e. The summed E-state index contributed by atoms with van der Waals surface area (Å²) in [6, 6.07) is 17.4. The number of anilines is 2. The molecular formula is C27H28ClN3O5S. The van der Waals surface area contributed by atoms with Crippen LogP contribution in [0, 0.1) is 0 Å². The lowest BCUT2D eigenvalue weighted by molar-refractivity contribution is -0.119. The summed E-state index contributed by atoms with van der Waals surface area (Å²) in [5.74, 6) is -0.415. The van der Waals surface area contributed by atoms with Crippen molar-refractivity contribution in [3.63, 3.8) is 0 Å². The lowest BCUT2D eigenvalue weighted by atomic mass is 10.00. The van der Waals surface area contributed by atoms with E-state index in [-0.39, 0.29) is 17.9 Å². The van der Waals surface area contributed by atoms with Crippen LogP contribution >= 0.6 is 11.6 Å². The van der Waals surface area contributed by atoms with Crippen LogP contribution in [-0.2, 0) is 21.1 Å². The van der Waals surface area contributed by atoms with Gasteiger partial charge in [0.1, 0.15) is 6.04 Å². The van der Waals surface area contributed by atoms with Crippen molar-refractivity contribution in [2.24, 2.45) is 0 Å². The normalized spacial score (nSPS) is 17.5. The molecule has 1 fully saturated rings. The van der Waals surface area contributed by atoms with Crippen molar-refractivity contribution in [1.29, 1.82) is 0 Å². The van der Waals surface area contributed by atoms with Crippen LogP contribution in [0.3, 0.4) is 0 Å². The van der Waals surface area contributed by atoms with Gasteiger partial charge in [-0.15, -0.1) is 0 Å². The first-order chi connectivity index (χ1) is 17.6. The van der Waals surface area contributed by atoms with E-state index in [2.05, 4.69) is 10.6 Å². The standard InChI is InChI=1S/C27H28ClN3O5S/c1-3-17-14-18(22-6-4-5-7-25(22)37(2,35)36)8-13-23(17)30-26(33)24-15-21(32)16-31(24)27(34)29-20-11-9-19(28)10-12-20/h4-14,21,24,32H,3,15-16H2,1-2H3,(H,29,34)(H,30,33). The summed E-state index contributed by atoms with van der Waals surface area (Å²) in [4.78, 5) is 27.7. The molecule has 1 aliphatic rings. The van der Waals surface area contributed by atoms with Crippen LogP contribution in [0.25, 0.3) is 11.1 Å². The maximum Gasteiger partial charge on any atom is 0.322 e. The van der Waals surface area contributed by atoms with E-state index in [1.54, 1.807) is 60.7 Å². The van der Waals surface area contributed by atoms with Gasteiger partial charge in [0.25, 0.3) is 0 Å². The Kier molecular flexibility index (Phi) is 7.87. The number of aliphatic hydroxyl groups is 1. The predicted molar refractivity (Wildman–Crippen MR) is 145 cm³/mol. The molecule has 1 heterocycles. The summed E-state index contributed by atoms with van der Waals surface area (Å²) in [6.07, 6.45) is 1.04. The van der Waals surface area contributed by atoms with E-state index in [9.17, 15) is 23.1 Å². The van der Waals surface area contributed by atoms with Crippen LogP contribution in [0.5, 0.6) is 0 Å². The molecule has 37 heavy (non-hydrogen) atoms. The number of rotatable bonds is 6. The molecule has 8 nitrogen and oxygen atoms in total. The molecule has 1 saturated heterocycles. The number of hydrogen-bond acceptors (Lipinski definition) is 5. The summed E-state index contributed by atoms with van der Waals surface area (Å²) < 4.78 is 24.5. The van der Waals surface area contributed by atoms with Crippen LogP contribution in [0.2, 0.25) is 5.02 Å². The number of carbonyl (C=O) groups is 2. The average molecular weight is 542 g/mol. The summed E-state index contributed by atoms with van der Waals surface area (Å²) in [5, 5.41) is 16.4. The number of amides is 3. The van der Waals surface area contributed by atoms with Gasteiger partial charge in [0.2, 0.25) is 5.91 Å². The van der Waals surface area contributed by atoms with Gasteiger partial charge in [0, 0.05) is 41.2 Å². The summed E-state index contributed by atoms with van der Waals surface area (Å²) in [7, 11) is -3.43. The summed E-state index contributed by atoms with van der Waals surface area (Å²) in [5.41, 5.74) is 3.20. The first-order valence-corrected chi connectivity index (χ1v) is 14.1. The fourth-order valence-corrected chi connectivity index (χ4v) is 5.47. The van der Waals surface area contributed by atoms with Gasteiger partial charge in [-0.3, -0.25) is 4.79 Å². The van der Waals surface area contributed by atoms with Crippen LogP contribution in [-0.4, -0.2) is 55.3 Å². The lowest BCUT2D eigenvalue weighted by Gasteiger charge is -2.24. The van der Waals surface area contributed by atoms with Gasteiger partial charge >= 0.3 is 6.03 Å². The van der Waals surface area contributed by atoms with Crippen molar-refractivity contribution in [3.05, 3.63) is 77.3 Å². The Morgan fingerprint density at radius 3 is 2.43 bits per heavy atom. The monoisotopic (exact) mass is 541 g/mol. The summed E-state index contributed by atoms with van der Waals surface area (Å²) in [6.45, 7) is 1.96. The lowest BCUT2D eigenvalue weighted by Crippen LogP contribution is -2.45. The number of likely N-dealkylation sites (tertiary alicyclic amines) is 1. The molecule has 0 saturated carbocycles. The van der Waals surface area contributed by atoms with E-state index in [0.29, 0.717) is 28.4 Å². The van der Waals surface area contributed by atoms with E-state index in [1.807, 2.05) is 13.0 Å². The molecule has 0 aromatic heterocycles. The topological polar surface area (TPSA) is 116 Å². The number of carbonyl (C=O) groups excluding carboxylic acids is 2. The molecular weight excluding hydrogens is 514 g/mol. The van der Waals surface area contributed by atoms with E-state index in [0.717, 1.165) is 11.1 Å². The molecule has 3 amide bonds. The van der Waals surface area contributed by atoms with Crippen molar-refractivity contribution in [2.75, 3.05) is 23.4 Å². The molecule has 0 spiro atoms. The number of aryl methyl sites for hydroxylation is 1. The molecule has 4 rings (SSSR count). The van der Waals surface area contributed by atoms with Gasteiger partial charge in [0.15, 0.2) is 9.84 Å². The molecule has 1 aliphatic heterocycles. The minimum absolute atomic E-state index is 0.0271. The third-order valence-corrected chi connectivity index (χ3v) is 7.69. The van der Waals surface area contributed by atoms with Gasteiger partial charge in [-0.25, -0.2) is 13.2 Å². The number of hydrogen-bond donors (Lipinski definition) is 3. The second kappa shape index (κ2) is 10.9. The first-order valence-electron chi connectivity index (χ1n) is 11.8.